The molecule has 0 saturated heterocycles. The van der Waals surface area contributed by atoms with E-state index in [0.29, 0.717) is 23.9 Å². The van der Waals surface area contributed by atoms with Gasteiger partial charge >= 0.3 is 5.97 Å². The fraction of sp³-hybridized carbons (Fsp3) is 0.417. The molecule has 2 aromatic heterocycles. The molecule has 0 aliphatic rings. The lowest BCUT2D eigenvalue weighted by Crippen LogP contribution is -2.36. The van der Waals surface area contributed by atoms with Crippen LogP contribution < -0.4 is 5.32 Å². The second-order valence-corrected chi connectivity index (χ2v) is 4.05. The van der Waals surface area contributed by atoms with Crippen molar-refractivity contribution >= 4 is 5.97 Å². The van der Waals surface area contributed by atoms with Gasteiger partial charge in [0, 0.05) is 0 Å². The van der Waals surface area contributed by atoms with E-state index < -0.39 is 12.0 Å². The molecule has 0 amide bonds. The quantitative estimate of drug-likeness (QED) is 0.785. The lowest BCUT2D eigenvalue weighted by atomic mass is 10.2. The summed E-state index contributed by atoms with van der Waals surface area (Å²) in [5.41, 5.74) is 0. The Bertz CT molecular complexity index is 521. The standard InChI is InChI=1S/C12H15N3O4/c1-2-4-8(12(16)17)13-7-10-14-11(15-19-10)9-5-3-6-18-9/h3,5-6,8,13H,2,4,7H2,1H3,(H,16,17). The number of carbonyl (C=O) groups is 1. The summed E-state index contributed by atoms with van der Waals surface area (Å²) in [5.74, 6) is 0.309. The summed E-state index contributed by atoms with van der Waals surface area (Å²) in [6, 6.07) is 2.84. The van der Waals surface area contributed by atoms with Crippen LogP contribution in [-0.4, -0.2) is 27.3 Å². The molecule has 0 aliphatic heterocycles. The number of hydrogen-bond donors (Lipinski definition) is 2. The third-order valence-electron chi connectivity index (χ3n) is 2.58. The maximum atomic E-state index is 11.0. The van der Waals surface area contributed by atoms with E-state index in [-0.39, 0.29) is 6.54 Å². The first-order chi connectivity index (χ1) is 9.20. The van der Waals surface area contributed by atoms with E-state index in [2.05, 4.69) is 15.5 Å². The number of aliphatic carboxylic acids is 1. The maximum Gasteiger partial charge on any atom is 0.320 e. The highest BCUT2D eigenvalue weighted by Gasteiger charge is 2.17. The van der Waals surface area contributed by atoms with Gasteiger partial charge in [0.05, 0.1) is 12.8 Å². The van der Waals surface area contributed by atoms with Crippen LogP contribution in [0.5, 0.6) is 0 Å². The molecule has 0 spiro atoms. The summed E-state index contributed by atoms with van der Waals surface area (Å²) in [4.78, 5) is 15.1. The minimum atomic E-state index is -0.882. The molecule has 102 valence electrons. The van der Waals surface area contributed by atoms with Gasteiger partial charge < -0.3 is 14.0 Å². The number of hydrogen-bond acceptors (Lipinski definition) is 6. The fourth-order valence-corrected chi connectivity index (χ4v) is 1.64. The Morgan fingerprint density at radius 2 is 2.42 bits per heavy atom. The lowest BCUT2D eigenvalue weighted by molar-refractivity contribution is -0.139. The van der Waals surface area contributed by atoms with Crippen LogP contribution in [0, 0.1) is 0 Å². The van der Waals surface area contributed by atoms with E-state index in [1.54, 1.807) is 12.1 Å². The molecule has 2 heterocycles. The molecule has 2 rings (SSSR count). The fourth-order valence-electron chi connectivity index (χ4n) is 1.64. The molecule has 7 nitrogen and oxygen atoms in total. The predicted octanol–water partition coefficient (Wildman–Crippen LogP) is 1.67. The van der Waals surface area contributed by atoms with Crippen molar-refractivity contribution in [1.29, 1.82) is 0 Å². The minimum absolute atomic E-state index is 0.213. The summed E-state index contributed by atoms with van der Waals surface area (Å²) in [6.07, 6.45) is 2.85. The van der Waals surface area contributed by atoms with Gasteiger partial charge in [0.15, 0.2) is 5.76 Å². The normalized spacial score (nSPS) is 12.5. The number of aromatic nitrogens is 2. The molecular formula is C12H15N3O4. The molecule has 1 atom stereocenters. The van der Waals surface area contributed by atoms with Gasteiger partial charge in [0.25, 0.3) is 0 Å². The largest absolute Gasteiger partial charge is 0.480 e. The van der Waals surface area contributed by atoms with Gasteiger partial charge in [-0.05, 0) is 18.6 Å². The molecule has 0 radical (unpaired) electrons. The zero-order valence-corrected chi connectivity index (χ0v) is 10.5. The zero-order valence-electron chi connectivity index (χ0n) is 10.5. The van der Waals surface area contributed by atoms with Crippen molar-refractivity contribution in [2.45, 2.75) is 32.4 Å². The first-order valence-corrected chi connectivity index (χ1v) is 6.03. The molecule has 0 saturated carbocycles. The van der Waals surface area contributed by atoms with E-state index in [9.17, 15) is 4.79 Å². The van der Waals surface area contributed by atoms with Gasteiger partial charge in [0.1, 0.15) is 6.04 Å². The Morgan fingerprint density at radius 3 is 3.05 bits per heavy atom. The molecule has 0 fully saturated rings. The number of furan rings is 1. The van der Waals surface area contributed by atoms with Crippen molar-refractivity contribution in [2.24, 2.45) is 0 Å². The van der Waals surface area contributed by atoms with E-state index in [1.165, 1.54) is 6.26 Å². The number of nitrogens with one attached hydrogen (secondary N) is 1. The lowest BCUT2D eigenvalue weighted by Gasteiger charge is -2.10. The third-order valence-corrected chi connectivity index (χ3v) is 2.58. The average molecular weight is 265 g/mol. The van der Waals surface area contributed by atoms with Crippen LogP contribution in [-0.2, 0) is 11.3 Å². The van der Waals surface area contributed by atoms with E-state index in [0.717, 1.165) is 6.42 Å². The van der Waals surface area contributed by atoms with Crippen LogP contribution in [0.4, 0.5) is 0 Å². The molecule has 1 unspecified atom stereocenters. The van der Waals surface area contributed by atoms with Crippen molar-refractivity contribution in [3.8, 4) is 11.6 Å². The Hall–Kier alpha value is -2.15. The van der Waals surface area contributed by atoms with Crippen LogP contribution in [0.25, 0.3) is 11.6 Å². The van der Waals surface area contributed by atoms with Gasteiger partial charge in [0.2, 0.25) is 11.7 Å². The molecule has 0 bridgehead atoms. The average Bonchev–Trinajstić information content (AvgIpc) is 3.04. The molecule has 0 aliphatic carbocycles. The maximum absolute atomic E-state index is 11.0. The van der Waals surface area contributed by atoms with Crippen molar-refractivity contribution < 1.29 is 18.8 Å². The van der Waals surface area contributed by atoms with Gasteiger partial charge in [-0.2, -0.15) is 4.98 Å². The van der Waals surface area contributed by atoms with Gasteiger partial charge in [-0.3, -0.25) is 10.1 Å². The van der Waals surface area contributed by atoms with Gasteiger partial charge in [-0.1, -0.05) is 18.5 Å². The molecule has 19 heavy (non-hydrogen) atoms. The topological polar surface area (TPSA) is 101 Å². The van der Waals surface area contributed by atoms with Crippen LogP contribution in [0.1, 0.15) is 25.7 Å². The predicted molar refractivity (Wildman–Crippen MR) is 65.2 cm³/mol. The smallest absolute Gasteiger partial charge is 0.320 e. The Kier molecular flexibility index (Phi) is 4.30. The summed E-state index contributed by atoms with van der Waals surface area (Å²) >= 11 is 0. The Morgan fingerprint density at radius 1 is 1.58 bits per heavy atom. The van der Waals surface area contributed by atoms with E-state index >= 15 is 0 Å². The van der Waals surface area contributed by atoms with E-state index in [4.69, 9.17) is 14.0 Å². The van der Waals surface area contributed by atoms with Crippen LogP contribution in [0.3, 0.4) is 0 Å². The van der Waals surface area contributed by atoms with Crippen LogP contribution in [0.2, 0.25) is 0 Å². The van der Waals surface area contributed by atoms with E-state index in [1.807, 2.05) is 6.92 Å². The Balaban J connectivity index is 1.95. The number of rotatable bonds is 7. The molecule has 0 aromatic carbocycles. The first-order valence-electron chi connectivity index (χ1n) is 6.03. The van der Waals surface area contributed by atoms with Gasteiger partial charge in [-0.25, -0.2) is 0 Å². The number of carboxylic acid groups (broad SMARTS) is 1. The van der Waals surface area contributed by atoms with Crippen LogP contribution >= 0.6 is 0 Å². The summed E-state index contributed by atoms with van der Waals surface area (Å²) in [5, 5.41) is 15.6. The summed E-state index contributed by atoms with van der Waals surface area (Å²) in [7, 11) is 0. The minimum Gasteiger partial charge on any atom is -0.480 e. The first kappa shape index (κ1) is 13.3. The van der Waals surface area contributed by atoms with Gasteiger partial charge in [-0.15, -0.1) is 0 Å². The summed E-state index contributed by atoms with van der Waals surface area (Å²) < 4.78 is 10.2. The molecule has 2 aromatic rings. The molecular weight excluding hydrogens is 250 g/mol. The SMILES string of the molecule is CCCC(NCc1nc(-c2ccco2)no1)C(=O)O. The number of carboxylic acids is 1. The third kappa shape index (κ3) is 3.41. The second kappa shape index (κ2) is 6.14. The highest BCUT2D eigenvalue weighted by Crippen LogP contribution is 2.15. The van der Waals surface area contributed by atoms with Crippen molar-refractivity contribution in [2.75, 3.05) is 0 Å². The summed E-state index contributed by atoms with van der Waals surface area (Å²) in [6.45, 7) is 2.14. The van der Waals surface area contributed by atoms with Crippen molar-refractivity contribution in [1.82, 2.24) is 15.5 Å². The van der Waals surface area contributed by atoms with Crippen molar-refractivity contribution in [3.63, 3.8) is 0 Å². The number of nitrogens with zero attached hydrogens (tertiary/aromatic N) is 2. The monoisotopic (exact) mass is 265 g/mol. The highest BCUT2D eigenvalue weighted by atomic mass is 16.5. The Labute approximate surface area is 109 Å². The highest BCUT2D eigenvalue weighted by molar-refractivity contribution is 5.73. The van der Waals surface area contributed by atoms with Crippen molar-refractivity contribution in [3.05, 3.63) is 24.3 Å². The van der Waals surface area contributed by atoms with Crippen LogP contribution in [0.15, 0.2) is 27.3 Å². The zero-order chi connectivity index (χ0) is 13.7. The molecule has 7 heteroatoms. The molecule has 2 N–H and O–H groups in total. The second-order valence-electron chi connectivity index (χ2n) is 4.05.